The molecule has 1 aromatic carbocycles. The Morgan fingerprint density at radius 2 is 2.06 bits per heavy atom. The Labute approximate surface area is 102 Å². The minimum Gasteiger partial charge on any atom is -0.490 e. The number of amidine groups is 1. The van der Waals surface area contributed by atoms with E-state index in [0.717, 1.165) is 12.2 Å². The van der Waals surface area contributed by atoms with Crippen LogP contribution in [0.1, 0.15) is 37.3 Å². The van der Waals surface area contributed by atoms with Crippen molar-refractivity contribution in [2.24, 2.45) is 5.73 Å². The van der Waals surface area contributed by atoms with E-state index in [0.29, 0.717) is 6.42 Å². The van der Waals surface area contributed by atoms with E-state index in [9.17, 15) is 0 Å². The minimum absolute atomic E-state index is 0.0332. The van der Waals surface area contributed by atoms with Gasteiger partial charge in [-0.05, 0) is 55.9 Å². The molecule has 2 rings (SSSR count). The van der Waals surface area contributed by atoms with Crippen LogP contribution >= 0.6 is 0 Å². The number of hydrogen-bond donors (Lipinski definition) is 2. The van der Waals surface area contributed by atoms with Crippen molar-refractivity contribution in [3.05, 3.63) is 29.3 Å². The van der Waals surface area contributed by atoms with Crippen LogP contribution in [-0.4, -0.2) is 11.9 Å². The highest BCUT2D eigenvalue weighted by Crippen LogP contribution is 2.26. The van der Waals surface area contributed by atoms with Crippen molar-refractivity contribution >= 4 is 5.84 Å². The van der Waals surface area contributed by atoms with Crippen LogP contribution in [-0.2, 0) is 12.8 Å². The van der Waals surface area contributed by atoms with Crippen LogP contribution < -0.4 is 10.5 Å². The third-order valence-corrected chi connectivity index (χ3v) is 3.16. The van der Waals surface area contributed by atoms with Gasteiger partial charge >= 0.3 is 0 Å². The van der Waals surface area contributed by atoms with Gasteiger partial charge in [0.1, 0.15) is 11.9 Å². The monoisotopic (exact) mass is 232 g/mol. The van der Waals surface area contributed by atoms with Crippen LogP contribution in [0.15, 0.2) is 18.2 Å². The van der Waals surface area contributed by atoms with Gasteiger partial charge in [0.05, 0.1) is 5.84 Å². The lowest BCUT2D eigenvalue weighted by atomic mass is 9.92. The molecule has 1 aliphatic rings. The molecule has 0 heterocycles. The quantitative estimate of drug-likeness (QED) is 0.619. The SMILES string of the molecule is CC(CC(=N)N)Oc1ccc2c(c1)CCCC2. The van der Waals surface area contributed by atoms with Gasteiger partial charge < -0.3 is 10.5 Å². The fourth-order valence-electron chi connectivity index (χ4n) is 2.37. The predicted molar refractivity (Wildman–Crippen MR) is 69.7 cm³/mol. The topological polar surface area (TPSA) is 59.1 Å². The van der Waals surface area contributed by atoms with E-state index in [1.165, 1.54) is 30.4 Å². The lowest BCUT2D eigenvalue weighted by Crippen LogP contribution is -2.21. The Hall–Kier alpha value is -1.51. The van der Waals surface area contributed by atoms with Crippen LogP contribution in [0.3, 0.4) is 0 Å². The molecule has 1 aromatic rings. The summed E-state index contributed by atoms with van der Waals surface area (Å²) < 4.78 is 5.77. The van der Waals surface area contributed by atoms with Crippen LogP contribution in [0.2, 0.25) is 0 Å². The van der Waals surface area contributed by atoms with Crippen LogP contribution in [0, 0.1) is 5.41 Å². The summed E-state index contributed by atoms with van der Waals surface area (Å²) in [6.07, 6.45) is 5.38. The molecule has 3 heteroatoms. The first kappa shape index (κ1) is 12.0. The van der Waals surface area contributed by atoms with Crippen molar-refractivity contribution < 1.29 is 4.74 Å². The Morgan fingerprint density at radius 1 is 1.35 bits per heavy atom. The van der Waals surface area contributed by atoms with Crippen LogP contribution in [0.4, 0.5) is 0 Å². The molecular weight excluding hydrogens is 212 g/mol. The zero-order valence-electron chi connectivity index (χ0n) is 10.3. The van der Waals surface area contributed by atoms with Crippen LogP contribution in [0.5, 0.6) is 5.75 Å². The van der Waals surface area contributed by atoms with E-state index in [1.807, 2.05) is 13.0 Å². The summed E-state index contributed by atoms with van der Waals surface area (Å²) in [7, 11) is 0. The number of rotatable bonds is 4. The van der Waals surface area contributed by atoms with Crippen molar-refractivity contribution in [3.8, 4) is 5.75 Å². The van der Waals surface area contributed by atoms with Gasteiger partial charge in [-0.3, -0.25) is 5.41 Å². The molecule has 1 unspecified atom stereocenters. The molecule has 17 heavy (non-hydrogen) atoms. The molecular formula is C14H20N2O. The van der Waals surface area contributed by atoms with Crippen molar-refractivity contribution in [3.63, 3.8) is 0 Å². The molecule has 0 saturated heterocycles. The van der Waals surface area contributed by atoms with E-state index < -0.39 is 0 Å². The summed E-state index contributed by atoms with van der Waals surface area (Å²) in [6.45, 7) is 1.95. The lowest BCUT2D eigenvalue weighted by molar-refractivity contribution is 0.229. The fourth-order valence-corrected chi connectivity index (χ4v) is 2.37. The van der Waals surface area contributed by atoms with E-state index in [-0.39, 0.29) is 11.9 Å². The molecule has 0 radical (unpaired) electrons. The molecule has 0 saturated carbocycles. The van der Waals surface area contributed by atoms with Gasteiger partial charge in [0.25, 0.3) is 0 Å². The first-order valence-corrected chi connectivity index (χ1v) is 6.26. The maximum Gasteiger partial charge on any atom is 0.120 e. The summed E-state index contributed by atoms with van der Waals surface area (Å²) >= 11 is 0. The second-order valence-electron chi connectivity index (χ2n) is 4.80. The van der Waals surface area contributed by atoms with Crippen molar-refractivity contribution in [1.82, 2.24) is 0 Å². The second kappa shape index (κ2) is 5.21. The highest BCUT2D eigenvalue weighted by Gasteiger charge is 2.11. The maximum atomic E-state index is 7.24. The molecule has 0 aromatic heterocycles. The van der Waals surface area contributed by atoms with Gasteiger partial charge in [0, 0.05) is 6.42 Å². The second-order valence-corrected chi connectivity index (χ2v) is 4.80. The van der Waals surface area contributed by atoms with Gasteiger partial charge in [0.15, 0.2) is 0 Å². The number of nitrogens with two attached hydrogens (primary N) is 1. The first-order chi connectivity index (χ1) is 8.15. The van der Waals surface area contributed by atoms with Gasteiger partial charge in [-0.2, -0.15) is 0 Å². The Balaban J connectivity index is 2.04. The smallest absolute Gasteiger partial charge is 0.120 e. The van der Waals surface area contributed by atoms with E-state index in [1.54, 1.807) is 0 Å². The average Bonchev–Trinajstić information content (AvgIpc) is 2.27. The highest BCUT2D eigenvalue weighted by atomic mass is 16.5. The molecule has 1 atom stereocenters. The third kappa shape index (κ3) is 3.22. The largest absolute Gasteiger partial charge is 0.490 e. The highest BCUT2D eigenvalue weighted by molar-refractivity contribution is 5.77. The lowest BCUT2D eigenvalue weighted by Gasteiger charge is -2.19. The number of ether oxygens (including phenoxy) is 1. The molecule has 0 bridgehead atoms. The summed E-state index contributed by atoms with van der Waals surface area (Å²) in [5.74, 6) is 1.08. The minimum atomic E-state index is -0.0332. The maximum absolute atomic E-state index is 7.24. The van der Waals surface area contributed by atoms with Crippen molar-refractivity contribution in [2.75, 3.05) is 0 Å². The summed E-state index contributed by atoms with van der Waals surface area (Å²) in [5.41, 5.74) is 8.24. The number of benzene rings is 1. The molecule has 92 valence electrons. The summed E-state index contributed by atoms with van der Waals surface area (Å²) in [6, 6.07) is 6.34. The molecule has 1 aliphatic carbocycles. The van der Waals surface area contributed by atoms with E-state index in [2.05, 4.69) is 12.1 Å². The van der Waals surface area contributed by atoms with Gasteiger partial charge in [-0.15, -0.1) is 0 Å². The molecule has 0 amide bonds. The third-order valence-electron chi connectivity index (χ3n) is 3.16. The molecule has 3 N–H and O–H groups in total. The molecule has 0 aliphatic heterocycles. The fraction of sp³-hybridized carbons (Fsp3) is 0.500. The summed E-state index contributed by atoms with van der Waals surface area (Å²) in [4.78, 5) is 0. The Kier molecular flexibility index (Phi) is 3.67. The average molecular weight is 232 g/mol. The van der Waals surface area contributed by atoms with Gasteiger partial charge in [-0.1, -0.05) is 6.07 Å². The molecule has 0 spiro atoms. The first-order valence-electron chi connectivity index (χ1n) is 6.26. The standard InChI is InChI=1S/C14H20N2O/c1-10(8-14(15)16)17-13-7-6-11-4-2-3-5-12(11)9-13/h6-7,9-10H,2-5,8H2,1H3,(H3,15,16). The number of fused-ring (bicyclic) bond motifs is 1. The van der Waals surface area contributed by atoms with Gasteiger partial charge in [0.2, 0.25) is 0 Å². The number of aryl methyl sites for hydroxylation is 2. The van der Waals surface area contributed by atoms with Crippen molar-refractivity contribution in [1.29, 1.82) is 5.41 Å². The van der Waals surface area contributed by atoms with E-state index in [4.69, 9.17) is 15.9 Å². The van der Waals surface area contributed by atoms with Gasteiger partial charge in [-0.25, -0.2) is 0 Å². The Bertz CT molecular complexity index is 415. The normalized spacial score (nSPS) is 16.1. The van der Waals surface area contributed by atoms with Crippen molar-refractivity contribution in [2.45, 2.75) is 45.1 Å². The summed E-state index contributed by atoms with van der Waals surface area (Å²) in [5, 5.41) is 7.24. The molecule has 3 nitrogen and oxygen atoms in total. The molecule has 0 fully saturated rings. The predicted octanol–water partition coefficient (Wildman–Crippen LogP) is 2.66. The van der Waals surface area contributed by atoms with Crippen LogP contribution in [0.25, 0.3) is 0 Å². The number of hydrogen-bond acceptors (Lipinski definition) is 2. The zero-order chi connectivity index (χ0) is 12.3. The zero-order valence-corrected chi connectivity index (χ0v) is 10.3. The Morgan fingerprint density at radius 3 is 2.76 bits per heavy atom. The number of nitrogens with one attached hydrogen (secondary N) is 1. The van der Waals surface area contributed by atoms with E-state index >= 15 is 0 Å².